The van der Waals surface area contributed by atoms with Gasteiger partial charge in [0.05, 0.1) is 0 Å². The fourth-order valence-electron chi connectivity index (χ4n) is 4.88. The molecule has 3 heterocycles. The summed E-state index contributed by atoms with van der Waals surface area (Å²) in [7, 11) is 0. The highest BCUT2D eigenvalue weighted by Gasteiger charge is 2.27. The van der Waals surface area contributed by atoms with E-state index in [9.17, 15) is 4.79 Å². The Morgan fingerprint density at radius 1 is 1.22 bits per heavy atom. The zero-order chi connectivity index (χ0) is 22.5. The molecule has 0 aliphatic carbocycles. The predicted molar refractivity (Wildman–Crippen MR) is 130 cm³/mol. The molecule has 1 fully saturated rings. The minimum atomic E-state index is 0.251. The quantitative estimate of drug-likeness (QED) is 0.656. The normalized spacial score (nSPS) is 16.8. The molecule has 0 saturated carbocycles. The van der Waals surface area contributed by atoms with E-state index in [-0.39, 0.29) is 5.91 Å². The number of amides is 1. The van der Waals surface area contributed by atoms with Crippen LogP contribution in [0.15, 0.2) is 42.6 Å². The number of hydrogen-bond acceptors (Lipinski definition) is 5. The number of rotatable bonds is 7. The fraction of sp³-hybridized carbons (Fsp3) is 0.423. The Hall–Kier alpha value is -3.15. The van der Waals surface area contributed by atoms with Crippen LogP contribution in [0, 0.1) is 18.3 Å². The molecule has 1 saturated heterocycles. The fourth-order valence-corrected chi connectivity index (χ4v) is 4.88. The minimum absolute atomic E-state index is 0.251. The van der Waals surface area contributed by atoms with Gasteiger partial charge in [0.2, 0.25) is 5.91 Å². The lowest BCUT2D eigenvalue weighted by molar-refractivity contribution is -0.132. The number of aryl methyl sites for hydroxylation is 2. The van der Waals surface area contributed by atoms with Gasteiger partial charge in [-0.05, 0) is 73.9 Å². The number of nitrogens with zero attached hydrogens (tertiary/aromatic N) is 3. The molecule has 1 amide bonds. The van der Waals surface area contributed by atoms with Crippen LogP contribution in [0.25, 0.3) is 5.57 Å². The average Bonchev–Trinajstić information content (AvgIpc) is 3.21. The maximum absolute atomic E-state index is 12.7. The Balaban J connectivity index is 1.27. The molecule has 2 aromatic rings. The van der Waals surface area contributed by atoms with Gasteiger partial charge in [-0.1, -0.05) is 12.1 Å². The van der Waals surface area contributed by atoms with E-state index >= 15 is 0 Å². The van der Waals surface area contributed by atoms with Crippen LogP contribution in [0.5, 0.6) is 0 Å². The second-order valence-corrected chi connectivity index (χ2v) is 8.90. The molecule has 6 heteroatoms. The first-order chi connectivity index (χ1) is 15.6. The molecule has 2 aliphatic heterocycles. The molecule has 1 aromatic carbocycles. The van der Waals surface area contributed by atoms with Crippen molar-refractivity contribution < 1.29 is 4.79 Å². The van der Waals surface area contributed by atoms with Gasteiger partial charge in [0.15, 0.2) is 0 Å². The summed E-state index contributed by atoms with van der Waals surface area (Å²) >= 11 is 0. The Morgan fingerprint density at radius 2 is 2.03 bits per heavy atom. The maximum Gasteiger partial charge on any atom is 0.222 e. The Morgan fingerprint density at radius 3 is 2.75 bits per heavy atom. The number of hydrogen-bond donors (Lipinski definition) is 2. The van der Waals surface area contributed by atoms with Crippen molar-refractivity contribution in [2.45, 2.75) is 39.0 Å². The summed E-state index contributed by atoms with van der Waals surface area (Å²) in [5, 5.41) is 7.51. The first kappa shape index (κ1) is 22.1. The predicted octanol–water partition coefficient (Wildman–Crippen LogP) is 3.57. The molecule has 1 aromatic heterocycles. The number of fused-ring (bicyclic) bond motifs is 1. The molecule has 0 spiro atoms. The van der Waals surface area contributed by atoms with Crippen molar-refractivity contribution in [1.82, 2.24) is 9.88 Å². The highest BCUT2D eigenvalue weighted by atomic mass is 16.2. The number of carbonyl (C=O) groups excluding carboxylic acids is 1. The van der Waals surface area contributed by atoms with Crippen molar-refractivity contribution in [2.24, 2.45) is 11.7 Å². The van der Waals surface area contributed by atoms with E-state index in [0.29, 0.717) is 18.8 Å². The van der Waals surface area contributed by atoms with E-state index < -0.39 is 0 Å². The van der Waals surface area contributed by atoms with Gasteiger partial charge in [-0.15, -0.1) is 0 Å². The van der Waals surface area contributed by atoms with Gasteiger partial charge in [-0.25, -0.2) is 0 Å². The third kappa shape index (κ3) is 5.01. The zero-order valence-electron chi connectivity index (χ0n) is 18.9. The summed E-state index contributed by atoms with van der Waals surface area (Å²) in [5.41, 5.74) is 12.0. The van der Waals surface area contributed by atoms with Gasteiger partial charge >= 0.3 is 0 Å². The van der Waals surface area contributed by atoms with Crippen LogP contribution >= 0.6 is 0 Å². The molecule has 3 N–H and O–H groups in total. The van der Waals surface area contributed by atoms with Gasteiger partial charge in [-0.2, -0.15) is 0 Å². The lowest BCUT2D eigenvalue weighted by Gasteiger charge is -2.34. The van der Waals surface area contributed by atoms with Crippen LogP contribution in [0.3, 0.4) is 0 Å². The summed E-state index contributed by atoms with van der Waals surface area (Å²) in [6.45, 7) is 5.78. The number of pyridine rings is 1. The standard InChI is InChI=1S/C26H33N5O/c1-19-3-2-4-24(29-19)6-8-26(32)30-12-9-20(10-13-30)18-31-14-11-22-15-21(5-7-25(22)31)23(16-27)17-28/h2-5,7,15-17,20,27H,6,8-14,18,28H2,1H3/b23-17+,27-16?. The SMILES string of the molecule is Cc1cccc(CCC(=O)N2CCC(CN3CCc4cc(/C(C=N)=C/N)ccc43)CC2)n1. The van der Waals surface area contributed by atoms with Crippen molar-refractivity contribution in [2.75, 3.05) is 31.1 Å². The first-order valence-electron chi connectivity index (χ1n) is 11.6. The third-order valence-electron chi connectivity index (χ3n) is 6.73. The van der Waals surface area contributed by atoms with Crippen LogP contribution in [0.4, 0.5) is 5.69 Å². The number of likely N-dealkylation sites (tertiary alicyclic amines) is 1. The van der Waals surface area contributed by atoms with Crippen LogP contribution < -0.4 is 10.6 Å². The molecule has 0 unspecified atom stereocenters. The largest absolute Gasteiger partial charge is 0.404 e. The van der Waals surface area contributed by atoms with E-state index in [4.69, 9.17) is 11.1 Å². The average molecular weight is 432 g/mol. The highest BCUT2D eigenvalue weighted by Crippen LogP contribution is 2.32. The number of aromatic nitrogens is 1. The molecule has 4 rings (SSSR count). The topological polar surface area (TPSA) is 86.3 Å². The third-order valence-corrected chi connectivity index (χ3v) is 6.73. The molecule has 32 heavy (non-hydrogen) atoms. The smallest absolute Gasteiger partial charge is 0.222 e. The molecular formula is C26H33N5O. The number of anilines is 1. The molecule has 168 valence electrons. The first-order valence-corrected chi connectivity index (χ1v) is 11.6. The van der Waals surface area contributed by atoms with Crippen molar-refractivity contribution in [3.8, 4) is 0 Å². The number of piperidine rings is 1. The molecule has 6 nitrogen and oxygen atoms in total. The van der Waals surface area contributed by atoms with Crippen molar-refractivity contribution >= 4 is 23.4 Å². The molecule has 0 radical (unpaired) electrons. The summed E-state index contributed by atoms with van der Waals surface area (Å²) in [6.07, 6.45) is 7.21. The van der Waals surface area contributed by atoms with Crippen LogP contribution in [-0.2, 0) is 17.6 Å². The van der Waals surface area contributed by atoms with Crippen molar-refractivity contribution in [1.29, 1.82) is 5.41 Å². The van der Waals surface area contributed by atoms with Crippen LogP contribution in [0.1, 0.15) is 41.8 Å². The summed E-state index contributed by atoms with van der Waals surface area (Å²) in [5.74, 6) is 0.866. The van der Waals surface area contributed by atoms with Crippen molar-refractivity contribution in [3.63, 3.8) is 0 Å². The van der Waals surface area contributed by atoms with Crippen LogP contribution in [-0.4, -0.2) is 48.2 Å². The molecule has 2 aliphatic rings. The minimum Gasteiger partial charge on any atom is -0.404 e. The van der Waals surface area contributed by atoms with Crippen LogP contribution in [0.2, 0.25) is 0 Å². The molecule has 0 atom stereocenters. The summed E-state index contributed by atoms with van der Waals surface area (Å²) in [6, 6.07) is 12.4. The van der Waals surface area contributed by atoms with E-state index in [1.165, 1.54) is 23.7 Å². The van der Waals surface area contributed by atoms with E-state index in [1.54, 1.807) is 0 Å². The number of carbonyl (C=O) groups is 1. The Labute approximate surface area is 190 Å². The van der Waals surface area contributed by atoms with E-state index in [1.807, 2.05) is 30.0 Å². The molecule has 0 bridgehead atoms. The molecular weight excluding hydrogens is 398 g/mol. The monoisotopic (exact) mass is 431 g/mol. The second kappa shape index (κ2) is 9.98. The Bertz CT molecular complexity index is 1010. The number of benzene rings is 1. The van der Waals surface area contributed by atoms with E-state index in [2.05, 4.69) is 28.1 Å². The zero-order valence-corrected chi connectivity index (χ0v) is 18.9. The van der Waals surface area contributed by atoms with Gasteiger partial charge < -0.3 is 20.9 Å². The number of allylic oxidation sites excluding steroid dienone is 1. The summed E-state index contributed by atoms with van der Waals surface area (Å²) < 4.78 is 0. The van der Waals surface area contributed by atoms with Gasteiger partial charge in [0.1, 0.15) is 0 Å². The maximum atomic E-state index is 12.7. The van der Waals surface area contributed by atoms with Gasteiger partial charge in [-0.3, -0.25) is 9.78 Å². The Kier molecular flexibility index (Phi) is 6.88. The highest BCUT2D eigenvalue weighted by molar-refractivity contribution is 6.08. The van der Waals surface area contributed by atoms with E-state index in [0.717, 1.165) is 68.0 Å². The second-order valence-electron chi connectivity index (χ2n) is 8.90. The lowest BCUT2D eigenvalue weighted by Crippen LogP contribution is -2.41. The lowest BCUT2D eigenvalue weighted by atomic mass is 9.95. The van der Waals surface area contributed by atoms with Crippen molar-refractivity contribution in [3.05, 3.63) is 65.1 Å². The van der Waals surface area contributed by atoms with Gasteiger partial charge in [0.25, 0.3) is 0 Å². The summed E-state index contributed by atoms with van der Waals surface area (Å²) in [4.78, 5) is 21.7. The van der Waals surface area contributed by atoms with Gasteiger partial charge in [0, 0.05) is 67.7 Å². The number of nitrogens with two attached hydrogens (primary N) is 1. The number of nitrogens with one attached hydrogen (secondary N) is 1.